The molecular weight excluding hydrogens is 150 g/mol. The topological polar surface area (TPSA) is 20.3 Å². The highest BCUT2D eigenvalue weighted by atomic mass is 16.2. The average molecular weight is 169 g/mol. The van der Waals surface area contributed by atoms with E-state index in [1.54, 1.807) is 0 Å². The first kappa shape index (κ1) is 9.56. The van der Waals surface area contributed by atoms with Gasteiger partial charge in [-0.1, -0.05) is 12.8 Å². The fraction of sp³-hybridized carbons (Fsp3) is 0.900. The molecule has 0 atom stereocenters. The van der Waals surface area contributed by atoms with Crippen LogP contribution in [-0.4, -0.2) is 23.4 Å². The van der Waals surface area contributed by atoms with E-state index in [2.05, 4.69) is 13.8 Å². The molecule has 1 aliphatic rings. The lowest BCUT2D eigenvalue weighted by Crippen LogP contribution is -2.38. The zero-order chi connectivity index (χ0) is 8.97. The number of likely N-dealkylation sites (tertiary alicyclic amines) is 1. The van der Waals surface area contributed by atoms with Crippen LogP contribution in [0.3, 0.4) is 0 Å². The van der Waals surface area contributed by atoms with Crippen LogP contribution in [0.1, 0.15) is 46.0 Å². The molecule has 0 unspecified atom stereocenters. The van der Waals surface area contributed by atoms with Gasteiger partial charge in [0.2, 0.25) is 5.91 Å². The Balaban J connectivity index is 2.49. The van der Waals surface area contributed by atoms with E-state index in [0.717, 1.165) is 19.4 Å². The van der Waals surface area contributed by atoms with E-state index >= 15 is 0 Å². The van der Waals surface area contributed by atoms with E-state index in [9.17, 15) is 4.79 Å². The van der Waals surface area contributed by atoms with E-state index in [-0.39, 0.29) is 0 Å². The Morgan fingerprint density at radius 2 is 1.83 bits per heavy atom. The van der Waals surface area contributed by atoms with Gasteiger partial charge in [-0.15, -0.1) is 0 Å². The normalized spacial score (nSPS) is 20.9. The summed E-state index contributed by atoms with van der Waals surface area (Å²) in [7, 11) is 0. The third kappa shape index (κ3) is 2.50. The van der Waals surface area contributed by atoms with Crippen molar-refractivity contribution in [2.75, 3.05) is 6.54 Å². The summed E-state index contributed by atoms with van der Waals surface area (Å²) >= 11 is 0. The lowest BCUT2D eigenvalue weighted by atomic mass is 10.1. The molecule has 70 valence electrons. The molecule has 1 aliphatic heterocycles. The monoisotopic (exact) mass is 169 g/mol. The number of rotatable bonds is 1. The maximum atomic E-state index is 11.5. The minimum Gasteiger partial charge on any atom is -0.340 e. The Labute approximate surface area is 74.9 Å². The number of nitrogens with zero attached hydrogens (tertiary/aromatic N) is 1. The molecule has 0 bridgehead atoms. The number of carbonyl (C=O) groups is 1. The van der Waals surface area contributed by atoms with Gasteiger partial charge in [0.25, 0.3) is 0 Å². The summed E-state index contributed by atoms with van der Waals surface area (Å²) in [5.41, 5.74) is 0. The molecule has 0 radical (unpaired) electrons. The summed E-state index contributed by atoms with van der Waals surface area (Å²) in [6, 6.07) is 0.385. The van der Waals surface area contributed by atoms with Crippen LogP contribution in [0.2, 0.25) is 0 Å². The maximum Gasteiger partial charge on any atom is 0.222 e. The Bertz CT molecular complexity index is 154. The molecule has 2 heteroatoms. The second-order valence-corrected chi connectivity index (χ2v) is 3.85. The summed E-state index contributed by atoms with van der Waals surface area (Å²) < 4.78 is 0. The Morgan fingerprint density at radius 3 is 2.50 bits per heavy atom. The van der Waals surface area contributed by atoms with Crippen molar-refractivity contribution in [3.63, 3.8) is 0 Å². The lowest BCUT2D eigenvalue weighted by Gasteiger charge is -2.28. The zero-order valence-corrected chi connectivity index (χ0v) is 8.18. The van der Waals surface area contributed by atoms with Crippen LogP contribution in [0.25, 0.3) is 0 Å². The third-order valence-corrected chi connectivity index (χ3v) is 2.48. The summed E-state index contributed by atoms with van der Waals surface area (Å²) in [4.78, 5) is 13.5. The summed E-state index contributed by atoms with van der Waals surface area (Å²) in [5, 5.41) is 0. The molecule has 0 saturated carbocycles. The van der Waals surface area contributed by atoms with Gasteiger partial charge < -0.3 is 4.90 Å². The number of hydrogen-bond donors (Lipinski definition) is 0. The van der Waals surface area contributed by atoms with Crippen LogP contribution < -0.4 is 0 Å². The largest absolute Gasteiger partial charge is 0.340 e. The van der Waals surface area contributed by atoms with Crippen molar-refractivity contribution in [2.45, 2.75) is 52.0 Å². The van der Waals surface area contributed by atoms with Crippen molar-refractivity contribution in [3.8, 4) is 0 Å². The van der Waals surface area contributed by atoms with Gasteiger partial charge in [-0.3, -0.25) is 4.79 Å². The van der Waals surface area contributed by atoms with Crippen LogP contribution in [0.15, 0.2) is 0 Å². The molecule has 0 aromatic carbocycles. The van der Waals surface area contributed by atoms with Gasteiger partial charge in [-0.2, -0.15) is 0 Å². The number of hydrogen-bond acceptors (Lipinski definition) is 1. The Kier molecular flexibility index (Phi) is 3.57. The first-order valence-corrected chi connectivity index (χ1v) is 5.01. The highest BCUT2D eigenvalue weighted by molar-refractivity contribution is 5.76. The van der Waals surface area contributed by atoms with Gasteiger partial charge in [0.1, 0.15) is 0 Å². The van der Waals surface area contributed by atoms with Gasteiger partial charge in [0.05, 0.1) is 0 Å². The van der Waals surface area contributed by atoms with Crippen LogP contribution in [0, 0.1) is 0 Å². The molecular formula is C10H19NO. The molecule has 1 rings (SSSR count). The minimum absolute atomic E-state index is 0.352. The zero-order valence-electron chi connectivity index (χ0n) is 8.18. The van der Waals surface area contributed by atoms with E-state index in [1.807, 2.05) is 4.90 Å². The van der Waals surface area contributed by atoms with E-state index in [0.29, 0.717) is 11.9 Å². The van der Waals surface area contributed by atoms with Crippen molar-refractivity contribution >= 4 is 5.91 Å². The Hall–Kier alpha value is -0.530. The van der Waals surface area contributed by atoms with Crippen LogP contribution >= 0.6 is 0 Å². The molecule has 1 amide bonds. The summed E-state index contributed by atoms with van der Waals surface area (Å²) in [5.74, 6) is 0.352. The van der Waals surface area contributed by atoms with Crippen molar-refractivity contribution in [3.05, 3.63) is 0 Å². The third-order valence-electron chi connectivity index (χ3n) is 2.48. The van der Waals surface area contributed by atoms with Gasteiger partial charge in [0, 0.05) is 19.0 Å². The molecule has 0 spiro atoms. The first-order valence-electron chi connectivity index (χ1n) is 5.01. The molecule has 0 aromatic heterocycles. The smallest absolute Gasteiger partial charge is 0.222 e. The summed E-state index contributed by atoms with van der Waals surface area (Å²) in [6.07, 6.45) is 5.55. The van der Waals surface area contributed by atoms with Crippen molar-refractivity contribution < 1.29 is 4.79 Å². The Morgan fingerprint density at radius 1 is 1.17 bits per heavy atom. The van der Waals surface area contributed by atoms with Crippen LogP contribution in [0.5, 0.6) is 0 Å². The van der Waals surface area contributed by atoms with Crippen molar-refractivity contribution in [1.29, 1.82) is 0 Å². The standard InChI is InChI=1S/C10H19NO/c1-9(2)11-8-6-4-3-5-7-10(11)12/h9H,3-8H2,1-2H3. The average Bonchev–Trinajstić information content (AvgIpc) is 1.96. The molecule has 2 nitrogen and oxygen atoms in total. The highest BCUT2D eigenvalue weighted by Crippen LogP contribution is 2.13. The predicted molar refractivity (Wildman–Crippen MR) is 49.9 cm³/mol. The van der Waals surface area contributed by atoms with Gasteiger partial charge in [-0.25, -0.2) is 0 Å². The van der Waals surface area contributed by atoms with E-state index in [4.69, 9.17) is 0 Å². The SMILES string of the molecule is CC(C)N1CCCCCCC1=O. The van der Waals surface area contributed by atoms with Crippen LogP contribution in [0.4, 0.5) is 0 Å². The van der Waals surface area contributed by atoms with Gasteiger partial charge in [-0.05, 0) is 26.7 Å². The molecule has 0 aliphatic carbocycles. The first-order chi connectivity index (χ1) is 5.72. The molecule has 1 fully saturated rings. The summed E-state index contributed by atoms with van der Waals surface area (Å²) in [6.45, 7) is 5.16. The highest BCUT2D eigenvalue weighted by Gasteiger charge is 2.17. The molecule has 12 heavy (non-hydrogen) atoms. The van der Waals surface area contributed by atoms with E-state index < -0.39 is 0 Å². The fourth-order valence-electron chi connectivity index (χ4n) is 1.73. The second kappa shape index (κ2) is 4.48. The van der Waals surface area contributed by atoms with Crippen molar-refractivity contribution in [1.82, 2.24) is 4.90 Å². The molecule has 1 saturated heterocycles. The molecule has 0 N–H and O–H groups in total. The molecule has 1 heterocycles. The van der Waals surface area contributed by atoms with Gasteiger partial charge >= 0.3 is 0 Å². The minimum atomic E-state index is 0.352. The predicted octanol–water partition coefficient (Wildman–Crippen LogP) is 2.19. The fourth-order valence-corrected chi connectivity index (χ4v) is 1.73. The number of amides is 1. The quantitative estimate of drug-likeness (QED) is 0.589. The van der Waals surface area contributed by atoms with Gasteiger partial charge in [0.15, 0.2) is 0 Å². The number of carbonyl (C=O) groups excluding carboxylic acids is 1. The van der Waals surface area contributed by atoms with Crippen LogP contribution in [-0.2, 0) is 4.79 Å². The lowest BCUT2D eigenvalue weighted by molar-refractivity contribution is -0.133. The van der Waals surface area contributed by atoms with E-state index in [1.165, 1.54) is 19.3 Å². The maximum absolute atomic E-state index is 11.5. The molecule has 0 aromatic rings. The van der Waals surface area contributed by atoms with Crippen molar-refractivity contribution in [2.24, 2.45) is 0 Å². The second-order valence-electron chi connectivity index (χ2n) is 3.85.